The zero-order valence-corrected chi connectivity index (χ0v) is 12.2. The molecular formula is C15H30N2O. The van der Waals surface area contributed by atoms with Crippen molar-refractivity contribution in [3.8, 4) is 0 Å². The Morgan fingerprint density at radius 2 is 1.83 bits per heavy atom. The van der Waals surface area contributed by atoms with E-state index in [2.05, 4.69) is 24.1 Å². The summed E-state index contributed by atoms with van der Waals surface area (Å²) in [5.74, 6) is 0.840. The van der Waals surface area contributed by atoms with Gasteiger partial charge in [-0.15, -0.1) is 0 Å². The molecule has 18 heavy (non-hydrogen) atoms. The van der Waals surface area contributed by atoms with Gasteiger partial charge in [0.05, 0.1) is 0 Å². The van der Waals surface area contributed by atoms with Crippen LogP contribution in [0.3, 0.4) is 0 Å². The summed E-state index contributed by atoms with van der Waals surface area (Å²) >= 11 is 0. The highest BCUT2D eigenvalue weighted by molar-refractivity contribution is 5.75. The average Bonchev–Trinajstić information content (AvgIpc) is 2.60. The molecule has 3 heteroatoms. The van der Waals surface area contributed by atoms with E-state index in [-0.39, 0.29) is 5.91 Å². The van der Waals surface area contributed by atoms with Crippen molar-refractivity contribution in [2.45, 2.75) is 58.8 Å². The van der Waals surface area contributed by atoms with Gasteiger partial charge in [0, 0.05) is 13.0 Å². The molecule has 1 N–H and O–H groups in total. The first-order valence-corrected chi connectivity index (χ1v) is 7.67. The molecule has 1 heterocycles. The lowest BCUT2D eigenvalue weighted by atomic mass is 10.1. The summed E-state index contributed by atoms with van der Waals surface area (Å²) in [5, 5.41) is 3.03. The molecule has 0 atom stereocenters. The van der Waals surface area contributed by atoms with Crippen LogP contribution in [0.1, 0.15) is 58.8 Å². The number of amides is 1. The van der Waals surface area contributed by atoms with E-state index in [4.69, 9.17) is 0 Å². The summed E-state index contributed by atoms with van der Waals surface area (Å²) in [4.78, 5) is 14.1. The first-order chi connectivity index (χ1) is 8.68. The topological polar surface area (TPSA) is 32.3 Å². The lowest BCUT2D eigenvalue weighted by Crippen LogP contribution is -2.30. The van der Waals surface area contributed by atoms with Crippen LogP contribution in [0.2, 0.25) is 0 Å². The van der Waals surface area contributed by atoms with Gasteiger partial charge in [0.1, 0.15) is 0 Å². The minimum absolute atomic E-state index is 0.222. The lowest BCUT2D eigenvalue weighted by molar-refractivity contribution is -0.121. The highest BCUT2D eigenvalue weighted by Crippen LogP contribution is 2.09. The SMILES string of the molecule is CC(C)CCC(=O)NCCCN1CCCCCC1. The van der Waals surface area contributed by atoms with Gasteiger partial charge in [-0.1, -0.05) is 26.7 Å². The maximum atomic E-state index is 11.5. The molecule has 0 aromatic rings. The maximum Gasteiger partial charge on any atom is 0.220 e. The van der Waals surface area contributed by atoms with Gasteiger partial charge >= 0.3 is 0 Å². The molecule has 106 valence electrons. The van der Waals surface area contributed by atoms with Crippen LogP contribution in [0.4, 0.5) is 0 Å². The van der Waals surface area contributed by atoms with E-state index in [1.54, 1.807) is 0 Å². The maximum absolute atomic E-state index is 11.5. The molecule has 0 aromatic carbocycles. The molecule has 0 aromatic heterocycles. The molecule has 1 saturated heterocycles. The van der Waals surface area contributed by atoms with Gasteiger partial charge in [-0.3, -0.25) is 4.79 Å². The Morgan fingerprint density at radius 1 is 1.17 bits per heavy atom. The van der Waals surface area contributed by atoms with Crippen LogP contribution in [0, 0.1) is 5.92 Å². The fraction of sp³-hybridized carbons (Fsp3) is 0.933. The Morgan fingerprint density at radius 3 is 2.44 bits per heavy atom. The number of hydrogen-bond acceptors (Lipinski definition) is 2. The van der Waals surface area contributed by atoms with Crippen molar-refractivity contribution in [2.75, 3.05) is 26.2 Å². The number of carbonyl (C=O) groups is 1. The molecule has 3 nitrogen and oxygen atoms in total. The van der Waals surface area contributed by atoms with E-state index < -0.39 is 0 Å². The Balaban J connectivity index is 1.98. The van der Waals surface area contributed by atoms with Crippen LogP contribution >= 0.6 is 0 Å². The van der Waals surface area contributed by atoms with Gasteiger partial charge < -0.3 is 10.2 Å². The number of likely N-dealkylation sites (tertiary alicyclic amines) is 1. The second-order valence-corrected chi connectivity index (χ2v) is 5.89. The standard InChI is InChI=1S/C15H30N2O/c1-14(2)8-9-15(18)16-10-7-13-17-11-5-3-4-6-12-17/h14H,3-13H2,1-2H3,(H,16,18). The Kier molecular flexibility index (Phi) is 8.06. The second kappa shape index (κ2) is 9.37. The summed E-state index contributed by atoms with van der Waals surface area (Å²) in [5.41, 5.74) is 0. The fourth-order valence-corrected chi connectivity index (χ4v) is 2.40. The third-order valence-electron chi connectivity index (χ3n) is 3.62. The quantitative estimate of drug-likeness (QED) is 0.709. The number of carbonyl (C=O) groups excluding carboxylic acids is 1. The zero-order valence-electron chi connectivity index (χ0n) is 12.2. The molecule has 1 fully saturated rings. The summed E-state index contributed by atoms with van der Waals surface area (Å²) in [6.07, 6.45) is 8.25. The van der Waals surface area contributed by atoms with Crippen LogP contribution in [-0.4, -0.2) is 37.0 Å². The molecule has 1 aliphatic rings. The van der Waals surface area contributed by atoms with Crippen LogP contribution in [0.25, 0.3) is 0 Å². The van der Waals surface area contributed by atoms with E-state index in [9.17, 15) is 4.79 Å². The zero-order chi connectivity index (χ0) is 13.2. The minimum Gasteiger partial charge on any atom is -0.356 e. The minimum atomic E-state index is 0.222. The molecule has 1 aliphatic heterocycles. The molecule has 0 aliphatic carbocycles. The van der Waals surface area contributed by atoms with Crippen LogP contribution in [0.15, 0.2) is 0 Å². The van der Waals surface area contributed by atoms with Gasteiger partial charge in [0.15, 0.2) is 0 Å². The summed E-state index contributed by atoms with van der Waals surface area (Å²) < 4.78 is 0. The smallest absolute Gasteiger partial charge is 0.220 e. The third kappa shape index (κ3) is 7.70. The van der Waals surface area contributed by atoms with Crippen molar-refractivity contribution < 1.29 is 4.79 Å². The molecule has 1 amide bonds. The highest BCUT2D eigenvalue weighted by Gasteiger charge is 2.08. The number of nitrogens with zero attached hydrogens (tertiary/aromatic N) is 1. The summed E-state index contributed by atoms with van der Waals surface area (Å²) in [6, 6.07) is 0. The molecular weight excluding hydrogens is 224 g/mol. The normalized spacial score (nSPS) is 17.7. The number of nitrogens with one attached hydrogen (secondary N) is 1. The summed E-state index contributed by atoms with van der Waals surface area (Å²) in [7, 11) is 0. The van der Waals surface area contributed by atoms with Gasteiger partial charge in [0.2, 0.25) is 5.91 Å². The molecule has 0 saturated carbocycles. The monoisotopic (exact) mass is 254 g/mol. The van der Waals surface area contributed by atoms with Crippen molar-refractivity contribution in [1.29, 1.82) is 0 Å². The van der Waals surface area contributed by atoms with Crippen LogP contribution < -0.4 is 5.32 Å². The van der Waals surface area contributed by atoms with E-state index in [1.165, 1.54) is 38.8 Å². The molecule has 0 spiro atoms. The largest absolute Gasteiger partial charge is 0.356 e. The van der Waals surface area contributed by atoms with Crippen molar-refractivity contribution in [1.82, 2.24) is 10.2 Å². The first kappa shape index (κ1) is 15.5. The van der Waals surface area contributed by atoms with Gasteiger partial charge in [0.25, 0.3) is 0 Å². The predicted octanol–water partition coefficient (Wildman–Crippen LogP) is 2.80. The van der Waals surface area contributed by atoms with Crippen LogP contribution in [-0.2, 0) is 4.79 Å². The Hall–Kier alpha value is -0.570. The number of hydrogen-bond donors (Lipinski definition) is 1. The lowest BCUT2D eigenvalue weighted by Gasteiger charge is -2.19. The van der Waals surface area contributed by atoms with Crippen molar-refractivity contribution >= 4 is 5.91 Å². The van der Waals surface area contributed by atoms with Crippen LogP contribution in [0.5, 0.6) is 0 Å². The third-order valence-corrected chi connectivity index (χ3v) is 3.62. The molecule has 0 unspecified atom stereocenters. The molecule has 1 rings (SSSR count). The van der Waals surface area contributed by atoms with E-state index >= 15 is 0 Å². The average molecular weight is 254 g/mol. The van der Waals surface area contributed by atoms with Crippen molar-refractivity contribution in [3.63, 3.8) is 0 Å². The highest BCUT2D eigenvalue weighted by atomic mass is 16.1. The first-order valence-electron chi connectivity index (χ1n) is 7.67. The summed E-state index contributed by atoms with van der Waals surface area (Å²) in [6.45, 7) is 8.81. The second-order valence-electron chi connectivity index (χ2n) is 5.89. The molecule has 0 bridgehead atoms. The Bertz CT molecular complexity index is 221. The van der Waals surface area contributed by atoms with Gasteiger partial charge in [-0.2, -0.15) is 0 Å². The fourth-order valence-electron chi connectivity index (χ4n) is 2.40. The predicted molar refractivity (Wildman–Crippen MR) is 76.6 cm³/mol. The van der Waals surface area contributed by atoms with E-state index in [1.807, 2.05) is 0 Å². The van der Waals surface area contributed by atoms with E-state index in [0.29, 0.717) is 12.3 Å². The Labute approximate surface area is 112 Å². The van der Waals surface area contributed by atoms with Crippen molar-refractivity contribution in [3.05, 3.63) is 0 Å². The molecule has 0 radical (unpaired) electrons. The van der Waals surface area contributed by atoms with Crippen molar-refractivity contribution in [2.24, 2.45) is 5.92 Å². The van der Waals surface area contributed by atoms with Gasteiger partial charge in [-0.25, -0.2) is 0 Å². The van der Waals surface area contributed by atoms with E-state index in [0.717, 1.165) is 25.9 Å². The number of rotatable bonds is 7. The van der Waals surface area contributed by atoms with Gasteiger partial charge in [-0.05, 0) is 51.2 Å².